The van der Waals surface area contributed by atoms with Crippen LogP contribution >= 0.6 is 0 Å². The van der Waals surface area contributed by atoms with E-state index in [0.29, 0.717) is 5.92 Å². The van der Waals surface area contributed by atoms with Crippen LogP contribution in [0.4, 0.5) is 0 Å². The molecule has 0 rings (SSSR count). The molecule has 16 heavy (non-hydrogen) atoms. The summed E-state index contributed by atoms with van der Waals surface area (Å²) in [7, 11) is 0. The minimum atomic E-state index is 0.651. The maximum absolute atomic E-state index is 5.50. The van der Waals surface area contributed by atoms with Gasteiger partial charge in [0.25, 0.3) is 0 Å². The quantitative estimate of drug-likeness (QED) is 0.407. The van der Waals surface area contributed by atoms with Crippen molar-refractivity contribution in [2.45, 2.75) is 46.0 Å². The fourth-order valence-corrected chi connectivity index (χ4v) is 1.46. The molecule has 0 aliphatic rings. The van der Waals surface area contributed by atoms with Gasteiger partial charge in [0.05, 0.1) is 0 Å². The number of ether oxygens (including phenoxy) is 1. The summed E-state index contributed by atoms with van der Waals surface area (Å²) < 4.78 is 5.50. The van der Waals surface area contributed by atoms with E-state index in [1.807, 2.05) is 6.08 Å². The largest absolute Gasteiger partial charge is 0.381 e. The summed E-state index contributed by atoms with van der Waals surface area (Å²) in [5, 5.41) is 3.44. The fraction of sp³-hybridized carbons (Fsp3) is 0.857. The fourth-order valence-electron chi connectivity index (χ4n) is 1.46. The van der Waals surface area contributed by atoms with E-state index in [-0.39, 0.29) is 0 Å². The van der Waals surface area contributed by atoms with Gasteiger partial charge in [-0.25, -0.2) is 0 Å². The Bertz CT molecular complexity index is 146. The van der Waals surface area contributed by atoms with Gasteiger partial charge < -0.3 is 10.1 Å². The second kappa shape index (κ2) is 12.7. The monoisotopic (exact) mass is 227 g/mol. The molecule has 1 N–H and O–H groups in total. The molecule has 0 aliphatic heterocycles. The van der Waals surface area contributed by atoms with Crippen LogP contribution in [-0.4, -0.2) is 26.3 Å². The Labute approximate surface area is 101 Å². The molecule has 0 aromatic heterocycles. The molecule has 0 spiro atoms. The summed E-state index contributed by atoms with van der Waals surface area (Å²) in [6.45, 7) is 12.1. The average Bonchev–Trinajstić information content (AvgIpc) is 2.25. The molecule has 0 aromatic carbocycles. The van der Waals surface area contributed by atoms with Crippen LogP contribution in [0.25, 0.3) is 0 Å². The number of nitrogens with one attached hydrogen (secondary N) is 1. The first kappa shape index (κ1) is 15.7. The van der Waals surface area contributed by atoms with Crippen LogP contribution in [0.5, 0.6) is 0 Å². The van der Waals surface area contributed by atoms with Gasteiger partial charge in [-0.05, 0) is 44.7 Å². The van der Waals surface area contributed by atoms with Gasteiger partial charge in [0.2, 0.25) is 0 Å². The minimum Gasteiger partial charge on any atom is -0.381 e. The molecule has 0 amide bonds. The smallest absolute Gasteiger partial charge is 0.0489 e. The van der Waals surface area contributed by atoms with E-state index in [2.05, 4.69) is 25.7 Å². The Morgan fingerprint density at radius 1 is 1.12 bits per heavy atom. The Hall–Kier alpha value is -0.340. The second-order valence-electron chi connectivity index (χ2n) is 4.71. The summed E-state index contributed by atoms with van der Waals surface area (Å²) in [4.78, 5) is 0. The molecule has 96 valence electrons. The van der Waals surface area contributed by atoms with E-state index in [1.165, 1.54) is 19.3 Å². The van der Waals surface area contributed by atoms with Gasteiger partial charge in [-0.1, -0.05) is 26.3 Å². The highest BCUT2D eigenvalue weighted by atomic mass is 16.5. The third-order valence-electron chi connectivity index (χ3n) is 2.36. The van der Waals surface area contributed by atoms with Crippen molar-refractivity contribution < 1.29 is 4.74 Å². The summed E-state index contributed by atoms with van der Waals surface area (Å²) in [6.07, 6.45) is 8.15. The average molecular weight is 227 g/mol. The van der Waals surface area contributed by atoms with E-state index in [0.717, 1.165) is 39.1 Å². The molecule has 0 atom stereocenters. The van der Waals surface area contributed by atoms with Crippen molar-refractivity contribution in [1.82, 2.24) is 5.32 Å². The molecule has 0 fully saturated rings. The zero-order valence-electron chi connectivity index (χ0n) is 11.1. The normalized spacial score (nSPS) is 10.9. The van der Waals surface area contributed by atoms with Crippen molar-refractivity contribution in [3.8, 4) is 0 Å². The van der Waals surface area contributed by atoms with Gasteiger partial charge in [-0.15, -0.1) is 6.58 Å². The van der Waals surface area contributed by atoms with Gasteiger partial charge >= 0.3 is 0 Å². The maximum atomic E-state index is 5.50. The molecule has 0 bridgehead atoms. The highest BCUT2D eigenvalue weighted by Gasteiger charge is 1.93. The maximum Gasteiger partial charge on any atom is 0.0489 e. The van der Waals surface area contributed by atoms with Crippen molar-refractivity contribution in [1.29, 1.82) is 0 Å². The third kappa shape index (κ3) is 13.7. The first-order chi connectivity index (χ1) is 7.77. The van der Waals surface area contributed by atoms with Crippen LogP contribution in [0.15, 0.2) is 12.7 Å². The van der Waals surface area contributed by atoms with Crippen LogP contribution in [0.2, 0.25) is 0 Å². The van der Waals surface area contributed by atoms with Crippen molar-refractivity contribution >= 4 is 0 Å². The predicted octanol–water partition coefficient (Wildman–Crippen LogP) is 3.39. The van der Waals surface area contributed by atoms with Crippen LogP contribution in [0.3, 0.4) is 0 Å². The highest BCUT2D eigenvalue weighted by Crippen LogP contribution is 1.98. The van der Waals surface area contributed by atoms with Crippen LogP contribution in [-0.2, 0) is 4.74 Å². The van der Waals surface area contributed by atoms with Gasteiger partial charge in [0.15, 0.2) is 0 Å². The Morgan fingerprint density at radius 2 is 1.88 bits per heavy atom. The van der Waals surface area contributed by atoms with E-state index in [4.69, 9.17) is 4.74 Å². The lowest BCUT2D eigenvalue weighted by atomic mass is 10.2. The molecular formula is C14H29NO. The summed E-state index contributed by atoms with van der Waals surface area (Å²) in [6, 6.07) is 0. The summed E-state index contributed by atoms with van der Waals surface area (Å²) in [5.41, 5.74) is 0. The van der Waals surface area contributed by atoms with Gasteiger partial charge in [-0.3, -0.25) is 0 Å². The number of unbranched alkanes of at least 4 members (excludes halogenated alkanes) is 3. The topological polar surface area (TPSA) is 21.3 Å². The van der Waals surface area contributed by atoms with Gasteiger partial charge in [0.1, 0.15) is 0 Å². The van der Waals surface area contributed by atoms with Crippen molar-refractivity contribution in [2.75, 3.05) is 26.3 Å². The molecule has 2 heteroatoms. The number of hydrogen-bond acceptors (Lipinski definition) is 2. The number of rotatable bonds is 12. The van der Waals surface area contributed by atoms with Gasteiger partial charge in [0, 0.05) is 13.2 Å². The van der Waals surface area contributed by atoms with Gasteiger partial charge in [-0.2, -0.15) is 0 Å². The van der Waals surface area contributed by atoms with Crippen molar-refractivity contribution in [3.05, 3.63) is 12.7 Å². The Kier molecular flexibility index (Phi) is 12.5. The SMILES string of the molecule is C=CCCCCCNCCCOCC(C)C. The molecule has 0 aromatic rings. The van der Waals surface area contributed by atoms with Crippen molar-refractivity contribution in [3.63, 3.8) is 0 Å². The standard InChI is InChI=1S/C14H29NO/c1-4-5-6-7-8-10-15-11-9-12-16-13-14(2)3/h4,14-15H,1,5-13H2,2-3H3. The lowest BCUT2D eigenvalue weighted by Crippen LogP contribution is -2.18. The molecule has 0 heterocycles. The van der Waals surface area contributed by atoms with E-state index < -0.39 is 0 Å². The lowest BCUT2D eigenvalue weighted by molar-refractivity contribution is 0.108. The third-order valence-corrected chi connectivity index (χ3v) is 2.36. The van der Waals surface area contributed by atoms with E-state index >= 15 is 0 Å². The predicted molar refractivity (Wildman–Crippen MR) is 71.8 cm³/mol. The minimum absolute atomic E-state index is 0.651. The van der Waals surface area contributed by atoms with E-state index in [1.54, 1.807) is 0 Å². The zero-order chi connectivity index (χ0) is 12.1. The molecule has 0 unspecified atom stereocenters. The summed E-state index contributed by atoms with van der Waals surface area (Å²) in [5.74, 6) is 0.651. The zero-order valence-corrected chi connectivity index (χ0v) is 11.1. The first-order valence-electron chi connectivity index (χ1n) is 6.66. The van der Waals surface area contributed by atoms with Crippen molar-refractivity contribution in [2.24, 2.45) is 5.92 Å². The van der Waals surface area contributed by atoms with Crippen LogP contribution in [0.1, 0.15) is 46.0 Å². The Morgan fingerprint density at radius 3 is 2.56 bits per heavy atom. The Balaban J connectivity index is 2.90. The lowest BCUT2D eigenvalue weighted by Gasteiger charge is -2.07. The molecular weight excluding hydrogens is 198 g/mol. The number of hydrogen-bond donors (Lipinski definition) is 1. The molecule has 2 nitrogen and oxygen atoms in total. The summed E-state index contributed by atoms with van der Waals surface area (Å²) >= 11 is 0. The molecule has 0 saturated heterocycles. The number of allylic oxidation sites excluding steroid dienone is 1. The molecule has 0 radical (unpaired) electrons. The molecule has 0 aliphatic carbocycles. The first-order valence-corrected chi connectivity index (χ1v) is 6.66. The van der Waals surface area contributed by atoms with Crippen LogP contribution < -0.4 is 5.32 Å². The van der Waals surface area contributed by atoms with Crippen LogP contribution in [0, 0.1) is 5.92 Å². The molecule has 0 saturated carbocycles. The highest BCUT2D eigenvalue weighted by molar-refractivity contribution is 4.65. The second-order valence-corrected chi connectivity index (χ2v) is 4.71. The van der Waals surface area contributed by atoms with E-state index in [9.17, 15) is 0 Å².